The van der Waals surface area contributed by atoms with E-state index in [-0.39, 0.29) is 5.91 Å². The maximum absolute atomic E-state index is 11.4. The van der Waals surface area contributed by atoms with Gasteiger partial charge in [0.15, 0.2) is 0 Å². The van der Waals surface area contributed by atoms with E-state index in [9.17, 15) is 4.79 Å². The minimum Gasteiger partial charge on any atom is -0.347 e. The minimum atomic E-state index is -0.131. The van der Waals surface area contributed by atoms with Crippen molar-refractivity contribution in [3.8, 4) is 0 Å². The number of aromatic amines is 1. The molecule has 0 aliphatic rings. The number of thiophene rings is 1. The van der Waals surface area contributed by atoms with Crippen LogP contribution in [-0.4, -0.2) is 16.1 Å². The Morgan fingerprint density at radius 2 is 2.50 bits per heavy atom. The van der Waals surface area contributed by atoms with Gasteiger partial charge < -0.3 is 5.32 Å². The van der Waals surface area contributed by atoms with E-state index >= 15 is 0 Å². The van der Waals surface area contributed by atoms with Crippen molar-refractivity contribution in [2.45, 2.75) is 6.54 Å². The Balaban J connectivity index is 1.90. The number of H-pyrrole nitrogens is 1. The van der Waals surface area contributed by atoms with Gasteiger partial charge in [-0.1, -0.05) is 0 Å². The Labute approximate surface area is 85.0 Å². The lowest BCUT2D eigenvalue weighted by atomic mass is 10.3. The van der Waals surface area contributed by atoms with Crippen molar-refractivity contribution in [1.29, 1.82) is 0 Å². The van der Waals surface area contributed by atoms with Crippen LogP contribution in [0.3, 0.4) is 0 Å². The molecular weight excluding hydrogens is 198 g/mol. The van der Waals surface area contributed by atoms with Gasteiger partial charge in [0.05, 0.1) is 0 Å². The lowest BCUT2D eigenvalue weighted by Crippen LogP contribution is -2.22. The third kappa shape index (κ3) is 2.00. The average molecular weight is 207 g/mol. The summed E-state index contributed by atoms with van der Waals surface area (Å²) in [6, 6.07) is 3.63. The molecule has 0 aliphatic carbocycles. The molecule has 14 heavy (non-hydrogen) atoms. The van der Waals surface area contributed by atoms with Crippen LogP contribution in [0, 0.1) is 0 Å². The van der Waals surface area contributed by atoms with Gasteiger partial charge >= 0.3 is 0 Å². The van der Waals surface area contributed by atoms with E-state index in [4.69, 9.17) is 0 Å². The fourth-order valence-corrected chi connectivity index (χ4v) is 1.72. The molecule has 5 heteroatoms. The Kier molecular flexibility index (Phi) is 2.60. The van der Waals surface area contributed by atoms with Gasteiger partial charge in [-0.15, -0.1) is 0 Å². The summed E-state index contributed by atoms with van der Waals surface area (Å²) in [7, 11) is 0. The van der Waals surface area contributed by atoms with Crippen LogP contribution >= 0.6 is 11.3 Å². The molecule has 1 amide bonds. The molecule has 0 aromatic carbocycles. The largest absolute Gasteiger partial charge is 0.347 e. The number of nitrogens with one attached hydrogen (secondary N) is 2. The summed E-state index contributed by atoms with van der Waals surface area (Å²) in [6.45, 7) is 0.557. The molecule has 2 rings (SSSR count). The van der Waals surface area contributed by atoms with Crippen LogP contribution in [0.1, 0.15) is 16.1 Å². The van der Waals surface area contributed by atoms with Crippen LogP contribution in [0.25, 0.3) is 0 Å². The molecule has 2 N–H and O–H groups in total. The first kappa shape index (κ1) is 8.96. The van der Waals surface area contributed by atoms with Crippen molar-refractivity contribution in [2.75, 3.05) is 0 Å². The summed E-state index contributed by atoms with van der Waals surface area (Å²) in [5.74, 6) is -0.131. The van der Waals surface area contributed by atoms with Crippen molar-refractivity contribution in [3.05, 3.63) is 40.3 Å². The second-order valence-electron chi connectivity index (χ2n) is 2.78. The fourth-order valence-electron chi connectivity index (χ4n) is 1.05. The number of carbonyl (C=O) groups excluding carboxylic acids is 1. The van der Waals surface area contributed by atoms with E-state index in [1.165, 1.54) is 0 Å². The van der Waals surface area contributed by atoms with Crippen LogP contribution in [-0.2, 0) is 6.54 Å². The van der Waals surface area contributed by atoms with Gasteiger partial charge in [-0.05, 0) is 28.5 Å². The van der Waals surface area contributed by atoms with Gasteiger partial charge in [0, 0.05) is 12.7 Å². The van der Waals surface area contributed by atoms with Crippen molar-refractivity contribution < 1.29 is 4.79 Å². The molecule has 0 atom stereocenters. The molecule has 0 saturated heterocycles. The maximum atomic E-state index is 11.4. The molecule has 0 aliphatic heterocycles. The van der Waals surface area contributed by atoms with Crippen molar-refractivity contribution in [2.24, 2.45) is 0 Å². The number of carbonyl (C=O) groups is 1. The summed E-state index contributed by atoms with van der Waals surface area (Å²) >= 11 is 1.62. The first-order valence-corrected chi connectivity index (χ1v) is 5.09. The molecule has 0 bridgehead atoms. The molecule has 2 aromatic heterocycles. The topological polar surface area (TPSA) is 57.8 Å². The molecule has 0 saturated carbocycles. The normalized spacial score (nSPS) is 10.0. The monoisotopic (exact) mass is 207 g/mol. The molecular formula is C9H9N3OS. The van der Waals surface area contributed by atoms with Crippen molar-refractivity contribution >= 4 is 17.2 Å². The Bertz CT molecular complexity index is 394. The van der Waals surface area contributed by atoms with E-state index in [1.54, 1.807) is 23.6 Å². The van der Waals surface area contributed by atoms with Gasteiger partial charge in [0.2, 0.25) is 0 Å². The average Bonchev–Trinajstić information content (AvgIpc) is 2.87. The van der Waals surface area contributed by atoms with E-state index in [1.807, 2.05) is 16.8 Å². The lowest BCUT2D eigenvalue weighted by molar-refractivity contribution is 0.0946. The molecule has 4 nitrogen and oxygen atoms in total. The molecule has 2 aromatic rings. The second kappa shape index (κ2) is 4.06. The number of aromatic nitrogens is 2. The second-order valence-corrected chi connectivity index (χ2v) is 3.56. The van der Waals surface area contributed by atoms with Crippen LogP contribution in [0.4, 0.5) is 0 Å². The molecule has 0 fully saturated rings. The molecule has 0 spiro atoms. The number of hydrogen-bond acceptors (Lipinski definition) is 3. The third-order valence-electron chi connectivity index (χ3n) is 1.78. The highest BCUT2D eigenvalue weighted by Crippen LogP contribution is 2.05. The van der Waals surface area contributed by atoms with Gasteiger partial charge in [0.1, 0.15) is 5.69 Å². The number of nitrogens with zero attached hydrogens (tertiary/aromatic N) is 1. The van der Waals surface area contributed by atoms with Crippen LogP contribution in [0.15, 0.2) is 29.1 Å². The van der Waals surface area contributed by atoms with Gasteiger partial charge in [-0.3, -0.25) is 9.89 Å². The zero-order chi connectivity index (χ0) is 9.80. The zero-order valence-corrected chi connectivity index (χ0v) is 8.17. The van der Waals surface area contributed by atoms with Gasteiger partial charge in [-0.25, -0.2) is 0 Å². The first-order valence-electron chi connectivity index (χ1n) is 4.15. The van der Waals surface area contributed by atoms with E-state index in [2.05, 4.69) is 15.5 Å². The number of hydrogen-bond donors (Lipinski definition) is 2. The first-order chi connectivity index (χ1) is 6.86. The standard InChI is InChI=1S/C9H9N3OS/c13-9(8-1-3-11-12-8)10-5-7-2-4-14-6-7/h1-4,6H,5H2,(H,10,13)(H,11,12). The van der Waals surface area contributed by atoms with Crippen LogP contribution in [0.2, 0.25) is 0 Å². The van der Waals surface area contributed by atoms with Crippen LogP contribution in [0.5, 0.6) is 0 Å². The summed E-state index contributed by atoms with van der Waals surface area (Å²) < 4.78 is 0. The molecule has 0 radical (unpaired) electrons. The predicted octanol–water partition coefficient (Wildman–Crippen LogP) is 1.40. The smallest absolute Gasteiger partial charge is 0.269 e. The van der Waals surface area contributed by atoms with Crippen molar-refractivity contribution in [1.82, 2.24) is 15.5 Å². The SMILES string of the molecule is O=C(NCc1ccsc1)c1ccn[nH]1. The fraction of sp³-hybridized carbons (Fsp3) is 0.111. The lowest BCUT2D eigenvalue weighted by Gasteiger charge is -2.00. The zero-order valence-electron chi connectivity index (χ0n) is 7.36. The van der Waals surface area contributed by atoms with E-state index < -0.39 is 0 Å². The highest BCUT2D eigenvalue weighted by atomic mass is 32.1. The Hall–Kier alpha value is -1.62. The summed E-state index contributed by atoms with van der Waals surface area (Å²) in [5, 5.41) is 13.1. The minimum absolute atomic E-state index is 0.131. The van der Waals surface area contributed by atoms with Gasteiger partial charge in [-0.2, -0.15) is 16.4 Å². The van der Waals surface area contributed by atoms with E-state index in [0.29, 0.717) is 12.2 Å². The predicted molar refractivity (Wildman–Crippen MR) is 54.1 cm³/mol. The third-order valence-corrected chi connectivity index (χ3v) is 2.51. The number of rotatable bonds is 3. The quantitative estimate of drug-likeness (QED) is 0.799. The van der Waals surface area contributed by atoms with E-state index in [0.717, 1.165) is 5.56 Å². The number of amides is 1. The highest BCUT2D eigenvalue weighted by molar-refractivity contribution is 7.07. The van der Waals surface area contributed by atoms with Crippen molar-refractivity contribution in [3.63, 3.8) is 0 Å². The van der Waals surface area contributed by atoms with Gasteiger partial charge in [0.25, 0.3) is 5.91 Å². The maximum Gasteiger partial charge on any atom is 0.269 e. The molecule has 72 valence electrons. The molecule has 0 unspecified atom stereocenters. The van der Waals surface area contributed by atoms with Crippen LogP contribution < -0.4 is 5.32 Å². The Morgan fingerprint density at radius 1 is 1.57 bits per heavy atom. The molecule has 2 heterocycles. The summed E-state index contributed by atoms with van der Waals surface area (Å²) in [4.78, 5) is 11.4. The summed E-state index contributed by atoms with van der Waals surface area (Å²) in [6.07, 6.45) is 1.56. The highest BCUT2D eigenvalue weighted by Gasteiger charge is 2.05. The Morgan fingerprint density at radius 3 is 3.14 bits per heavy atom. The summed E-state index contributed by atoms with van der Waals surface area (Å²) in [5.41, 5.74) is 1.60.